The SMILES string of the molecule is N#CC1CCN(Cc2nc(-c3cc(F)c(F)c(F)c3)no2)CC1. The zero-order valence-corrected chi connectivity index (χ0v) is 12.1. The maximum absolute atomic E-state index is 13.2. The van der Waals surface area contributed by atoms with Crippen LogP contribution in [0.5, 0.6) is 0 Å². The van der Waals surface area contributed by atoms with Crippen molar-refractivity contribution in [2.45, 2.75) is 19.4 Å². The molecule has 1 aliphatic heterocycles. The van der Waals surface area contributed by atoms with Gasteiger partial charge in [0.2, 0.25) is 11.7 Å². The molecule has 0 atom stereocenters. The molecule has 0 N–H and O–H groups in total. The number of hydrogen-bond acceptors (Lipinski definition) is 5. The Morgan fingerprint density at radius 1 is 1.22 bits per heavy atom. The molecule has 1 fully saturated rings. The number of nitrogens with zero attached hydrogens (tertiary/aromatic N) is 4. The van der Waals surface area contributed by atoms with Crippen LogP contribution in [0.3, 0.4) is 0 Å². The topological polar surface area (TPSA) is 66.0 Å². The summed E-state index contributed by atoms with van der Waals surface area (Å²) in [7, 11) is 0. The van der Waals surface area contributed by atoms with E-state index in [1.165, 1.54) is 0 Å². The molecule has 2 heterocycles. The van der Waals surface area contributed by atoms with Crippen LogP contribution in [0.4, 0.5) is 13.2 Å². The van der Waals surface area contributed by atoms with Gasteiger partial charge in [0.1, 0.15) is 0 Å². The molecule has 120 valence electrons. The van der Waals surface area contributed by atoms with E-state index in [9.17, 15) is 13.2 Å². The van der Waals surface area contributed by atoms with Crippen molar-refractivity contribution in [3.8, 4) is 17.5 Å². The quantitative estimate of drug-likeness (QED) is 0.813. The summed E-state index contributed by atoms with van der Waals surface area (Å²) in [5.41, 5.74) is 0.0135. The molecule has 1 aliphatic rings. The van der Waals surface area contributed by atoms with Gasteiger partial charge in [0.25, 0.3) is 0 Å². The van der Waals surface area contributed by atoms with E-state index in [0.29, 0.717) is 12.4 Å². The molecule has 0 radical (unpaired) electrons. The zero-order valence-electron chi connectivity index (χ0n) is 12.1. The van der Waals surface area contributed by atoms with Crippen molar-refractivity contribution in [1.82, 2.24) is 15.0 Å². The maximum atomic E-state index is 13.2. The summed E-state index contributed by atoms with van der Waals surface area (Å²) in [6, 6.07) is 3.90. The second kappa shape index (κ2) is 6.38. The molecular weight excluding hydrogens is 309 g/mol. The first-order valence-electron chi connectivity index (χ1n) is 7.16. The average Bonchev–Trinajstić information content (AvgIpc) is 3.01. The summed E-state index contributed by atoms with van der Waals surface area (Å²) in [4.78, 5) is 6.15. The number of halogens is 3. The van der Waals surface area contributed by atoms with Crippen molar-refractivity contribution in [3.05, 3.63) is 35.5 Å². The van der Waals surface area contributed by atoms with E-state index in [-0.39, 0.29) is 17.3 Å². The lowest BCUT2D eigenvalue weighted by molar-refractivity contribution is 0.175. The predicted octanol–water partition coefficient (Wildman–Crippen LogP) is 2.89. The standard InChI is InChI=1S/C15H13F3N4O/c16-11-5-10(6-12(17)14(11)18)15-20-13(23-21-15)8-22-3-1-9(7-19)2-4-22/h5-6,9H,1-4,8H2. The van der Waals surface area contributed by atoms with Crippen molar-refractivity contribution < 1.29 is 17.7 Å². The lowest BCUT2D eigenvalue weighted by Crippen LogP contribution is -2.32. The summed E-state index contributed by atoms with van der Waals surface area (Å²) in [5, 5.41) is 12.5. The zero-order chi connectivity index (χ0) is 16.4. The Balaban J connectivity index is 1.70. The van der Waals surface area contributed by atoms with Crippen LogP contribution in [-0.4, -0.2) is 28.1 Å². The summed E-state index contributed by atoms with van der Waals surface area (Å²) in [6.45, 7) is 1.89. The van der Waals surface area contributed by atoms with Crippen LogP contribution in [0.2, 0.25) is 0 Å². The lowest BCUT2D eigenvalue weighted by Gasteiger charge is -2.27. The Morgan fingerprint density at radius 2 is 1.87 bits per heavy atom. The molecule has 1 aromatic carbocycles. The fourth-order valence-electron chi connectivity index (χ4n) is 2.53. The molecule has 0 saturated carbocycles. The number of hydrogen-bond donors (Lipinski definition) is 0. The highest BCUT2D eigenvalue weighted by molar-refractivity contribution is 5.54. The second-order valence-electron chi connectivity index (χ2n) is 5.45. The van der Waals surface area contributed by atoms with Crippen molar-refractivity contribution in [2.75, 3.05) is 13.1 Å². The number of aromatic nitrogens is 2. The number of rotatable bonds is 3. The number of benzene rings is 1. The predicted molar refractivity (Wildman–Crippen MR) is 73.2 cm³/mol. The third kappa shape index (κ3) is 3.35. The Hall–Kier alpha value is -2.40. The van der Waals surface area contributed by atoms with Gasteiger partial charge in [-0.25, -0.2) is 13.2 Å². The van der Waals surface area contributed by atoms with Crippen molar-refractivity contribution >= 4 is 0 Å². The van der Waals surface area contributed by atoms with Crippen molar-refractivity contribution in [2.24, 2.45) is 5.92 Å². The third-order valence-corrected chi connectivity index (χ3v) is 3.84. The molecule has 23 heavy (non-hydrogen) atoms. The molecule has 0 spiro atoms. The minimum Gasteiger partial charge on any atom is -0.338 e. The van der Waals surface area contributed by atoms with Gasteiger partial charge in [-0.05, 0) is 38.1 Å². The van der Waals surface area contributed by atoms with Gasteiger partial charge in [0.05, 0.1) is 12.6 Å². The number of likely N-dealkylation sites (tertiary alicyclic amines) is 1. The van der Waals surface area contributed by atoms with E-state index in [1.807, 2.05) is 0 Å². The Morgan fingerprint density at radius 3 is 2.48 bits per heavy atom. The van der Waals surface area contributed by atoms with Gasteiger partial charge in [-0.15, -0.1) is 0 Å². The molecule has 0 unspecified atom stereocenters. The molecular formula is C15H13F3N4O. The molecule has 1 saturated heterocycles. The fourth-order valence-corrected chi connectivity index (χ4v) is 2.53. The molecule has 3 rings (SSSR count). The first-order valence-corrected chi connectivity index (χ1v) is 7.16. The van der Waals surface area contributed by atoms with E-state index < -0.39 is 17.5 Å². The molecule has 0 amide bonds. The summed E-state index contributed by atoms with van der Waals surface area (Å²) in [6.07, 6.45) is 1.57. The molecule has 0 aliphatic carbocycles. The van der Waals surface area contributed by atoms with Crippen LogP contribution in [0, 0.1) is 34.7 Å². The summed E-state index contributed by atoms with van der Waals surface area (Å²) < 4.78 is 44.5. The van der Waals surface area contributed by atoms with Crippen LogP contribution in [0.1, 0.15) is 18.7 Å². The van der Waals surface area contributed by atoms with E-state index in [4.69, 9.17) is 9.78 Å². The Bertz CT molecular complexity index is 724. The Kier molecular flexibility index (Phi) is 4.30. The third-order valence-electron chi connectivity index (χ3n) is 3.84. The van der Waals surface area contributed by atoms with Gasteiger partial charge < -0.3 is 4.52 Å². The van der Waals surface area contributed by atoms with Gasteiger partial charge in [0.15, 0.2) is 17.5 Å². The minimum atomic E-state index is -1.53. The number of piperidine rings is 1. The Labute approximate surface area is 130 Å². The molecule has 2 aromatic rings. The van der Waals surface area contributed by atoms with Crippen LogP contribution in [0.15, 0.2) is 16.7 Å². The van der Waals surface area contributed by atoms with E-state index >= 15 is 0 Å². The monoisotopic (exact) mass is 322 g/mol. The highest BCUT2D eigenvalue weighted by Crippen LogP contribution is 2.22. The van der Waals surface area contributed by atoms with Crippen LogP contribution < -0.4 is 0 Å². The second-order valence-corrected chi connectivity index (χ2v) is 5.45. The van der Waals surface area contributed by atoms with Gasteiger partial charge in [-0.2, -0.15) is 10.2 Å². The highest BCUT2D eigenvalue weighted by atomic mass is 19.2. The molecule has 1 aromatic heterocycles. The van der Waals surface area contributed by atoms with Crippen LogP contribution in [0.25, 0.3) is 11.4 Å². The van der Waals surface area contributed by atoms with E-state index in [0.717, 1.165) is 38.1 Å². The minimum absolute atomic E-state index is 0.00436. The summed E-state index contributed by atoms with van der Waals surface area (Å²) >= 11 is 0. The maximum Gasteiger partial charge on any atom is 0.241 e. The van der Waals surface area contributed by atoms with E-state index in [1.54, 1.807) is 0 Å². The molecule has 8 heteroatoms. The normalized spacial score (nSPS) is 16.4. The van der Waals surface area contributed by atoms with Gasteiger partial charge in [-0.3, -0.25) is 4.90 Å². The molecule has 5 nitrogen and oxygen atoms in total. The molecule has 0 bridgehead atoms. The first kappa shape index (κ1) is 15.5. The van der Waals surface area contributed by atoms with Gasteiger partial charge in [0, 0.05) is 11.5 Å². The van der Waals surface area contributed by atoms with Gasteiger partial charge in [-0.1, -0.05) is 5.16 Å². The van der Waals surface area contributed by atoms with Crippen LogP contribution in [-0.2, 0) is 6.54 Å². The van der Waals surface area contributed by atoms with E-state index in [2.05, 4.69) is 21.1 Å². The first-order chi connectivity index (χ1) is 11.1. The smallest absolute Gasteiger partial charge is 0.241 e. The largest absolute Gasteiger partial charge is 0.338 e. The van der Waals surface area contributed by atoms with Crippen molar-refractivity contribution in [3.63, 3.8) is 0 Å². The van der Waals surface area contributed by atoms with Crippen molar-refractivity contribution in [1.29, 1.82) is 5.26 Å². The van der Waals surface area contributed by atoms with Crippen LogP contribution >= 0.6 is 0 Å². The highest BCUT2D eigenvalue weighted by Gasteiger charge is 2.21. The van der Waals surface area contributed by atoms with Gasteiger partial charge >= 0.3 is 0 Å². The number of nitriles is 1. The fraction of sp³-hybridized carbons (Fsp3) is 0.400. The summed E-state index contributed by atoms with van der Waals surface area (Å²) in [5.74, 6) is -3.74. The lowest BCUT2D eigenvalue weighted by atomic mass is 9.99. The average molecular weight is 322 g/mol.